The molecule has 1 atom stereocenters. The van der Waals surface area contributed by atoms with Gasteiger partial charge < -0.3 is 24.0 Å². The molecule has 0 unspecified atom stereocenters. The minimum Gasteiger partial charge on any atom is -0.485 e. The second-order valence-electron chi connectivity index (χ2n) is 8.36. The Bertz CT molecular complexity index is 979. The highest BCUT2D eigenvalue weighted by atomic mass is 32.1. The topological polar surface area (TPSA) is 68.3 Å². The lowest BCUT2D eigenvalue weighted by molar-refractivity contribution is -0.132. The highest BCUT2D eigenvalue weighted by Gasteiger charge is 2.34. The minimum absolute atomic E-state index is 0.0430. The first kappa shape index (κ1) is 22.5. The lowest BCUT2D eigenvalue weighted by Gasteiger charge is -2.26. The van der Waals surface area contributed by atoms with E-state index in [2.05, 4.69) is 0 Å². The van der Waals surface area contributed by atoms with Crippen LogP contribution in [0.15, 0.2) is 29.6 Å². The van der Waals surface area contributed by atoms with Gasteiger partial charge in [0.15, 0.2) is 11.5 Å². The van der Waals surface area contributed by atoms with Crippen LogP contribution in [0.2, 0.25) is 0 Å². The maximum atomic E-state index is 14.1. The molecule has 32 heavy (non-hydrogen) atoms. The first-order valence-electron chi connectivity index (χ1n) is 10.7. The summed E-state index contributed by atoms with van der Waals surface area (Å²) in [5, 5.41) is 1.75. The second-order valence-corrected chi connectivity index (χ2v) is 9.24. The van der Waals surface area contributed by atoms with Gasteiger partial charge in [0.2, 0.25) is 5.91 Å². The number of ether oxygens (including phenoxy) is 3. The Morgan fingerprint density at radius 1 is 1.25 bits per heavy atom. The monoisotopic (exact) mass is 462 g/mol. The van der Waals surface area contributed by atoms with Gasteiger partial charge in [0, 0.05) is 30.6 Å². The number of carbonyl (C=O) groups is 2. The van der Waals surface area contributed by atoms with Crippen molar-refractivity contribution in [2.75, 3.05) is 39.4 Å². The number of amides is 2. The van der Waals surface area contributed by atoms with Gasteiger partial charge in [-0.1, -0.05) is 32.0 Å². The Kier molecular flexibility index (Phi) is 6.95. The fraction of sp³-hybridized carbons (Fsp3) is 0.478. The Hall–Kier alpha value is -2.65. The Morgan fingerprint density at radius 3 is 2.81 bits per heavy atom. The number of halogens is 1. The predicted molar refractivity (Wildman–Crippen MR) is 118 cm³/mol. The predicted octanol–water partition coefficient (Wildman–Crippen LogP) is 3.18. The van der Waals surface area contributed by atoms with Crippen LogP contribution in [0.3, 0.4) is 0 Å². The molecule has 2 aliphatic heterocycles. The third-order valence-electron chi connectivity index (χ3n) is 5.33. The quantitative estimate of drug-likeness (QED) is 0.660. The summed E-state index contributed by atoms with van der Waals surface area (Å²) < 4.78 is 31.3. The van der Waals surface area contributed by atoms with Gasteiger partial charge in [-0.2, -0.15) is 0 Å². The smallest absolute Gasteiger partial charge is 0.268 e. The number of nitrogens with zero attached hydrogens (tertiary/aromatic N) is 2. The summed E-state index contributed by atoms with van der Waals surface area (Å²) in [4.78, 5) is 30.0. The van der Waals surface area contributed by atoms with Crippen molar-refractivity contribution in [1.29, 1.82) is 0 Å². The van der Waals surface area contributed by atoms with Crippen LogP contribution in [0.25, 0.3) is 0 Å². The van der Waals surface area contributed by atoms with E-state index >= 15 is 0 Å². The zero-order valence-corrected chi connectivity index (χ0v) is 19.0. The number of fused-ring (bicyclic) bond motifs is 1. The standard InChI is InChI=1S/C23H27FN2O5S/c1-15(2)9-25-10-17(31-13-16-5-3-4-6-18(16)24)11-26(12-20(25)27)23(28)22-21-19(14-32-22)29-7-8-30-21/h3-6,14-15,17H,7-13H2,1-2H3/t17-/m1/s1. The van der Waals surface area contributed by atoms with Crippen molar-refractivity contribution < 1.29 is 28.2 Å². The van der Waals surface area contributed by atoms with E-state index in [4.69, 9.17) is 14.2 Å². The SMILES string of the molecule is CC(C)CN1C[C@@H](OCc2ccccc2F)CN(C(=O)c2scc3c2OCCO3)CC1=O. The van der Waals surface area contributed by atoms with Crippen molar-refractivity contribution >= 4 is 23.2 Å². The third kappa shape index (κ3) is 5.05. The molecular weight excluding hydrogens is 435 g/mol. The van der Waals surface area contributed by atoms with Crippen molar-refractivity contribution in [3.63, 3.8) is 0 Å². The molecule has 9 heteroatoms. The van der Waals surface area contributed by atoms with Gasteiger partial charge in [-0.25, -0.2) is 4.39 Å². The van der Waals surface area contributed by atoms with Crippen molar-refractivity contribution in [3.8, 4) is 11.5 Å². The van der Waals surface area contributed by atoms with Crippen molar-refractivity contribution in [3.05, 3.63) is 45.9 Å². The van der Waals surface area contributed by atoms with Gasteiger partial charge >= 0.3 is 0 Å². The Labute approximate surface area is 190 Å². The van der Waals surface area contributed by atoms with Crippen LogP contribution in [0.5, 0.6) is 11.5 Å². The summed E-state index contributed by atoms with van der Waals surface area (Å²) >= 11 is 1.24. The molecule has 0 saturated carbocycles. The summed E-state index contributed by atoms with van der Waals surface area (Å²) in [5.41, 5.74) is 0.439. The molecule has 0 spiro atoms. The van der Waals surface area contributed by atoms with Crippen molar-refractivity contribution in [1.82, 2.24) is 9.80 Å². The summed E-state index contributed by atoms with van der Waals surface area (Å²) in [6.07, 6.45) is -0.447. The molecule has 7 nitrogen and oxygen atoms in total. The van der Waals surface area contributed by atoms with E-state index in [0.29, 0.717) is 48.2 Å². The second kappa shape index (κ2) is 9.87. The van der Waals surface area contributed by atoms with E-state index in [0.717, 1.165) is 0 Å². The molecular formula is C23H27FN2O5S. The van der Waals surface area contributed by atoms with Crippen LogP contribution >= 0.6 is 11.3 Å². The molecule has 0 N–H and O–H groups in total. The van der Waals surface area contributed by atoms with Gasteiger partial charge in [0.05, 0.1) is 12.7 Å². The average Bonchev–Trinajstić information content (AvgIpc) is 3.13. The lowest BCUT2D eigenvalue weighted by atomic mass is 10.2. The first-order chi connectivity index (χ1) is 15.4. The number of hydrogen-bond donors (Lipinski definition) is 0. The number of thiophene rings is 1. The minimum atomic E-state index is -0.447. The third-order valence-corrected chi connectivity index (χ3v) is 6.26. The van der Waals surface area contributed by atoms with Gasteiger partial charge in [-0.3, -0.25) is 9.59 Å². The van der Waals surface area contributed by atoms with Crippen LogP contribution in [-0.2, 0) is 16.1 Å². The number of hydrogen-bond acceptors (Lipinski definition) is 6. The molecule has 1 aromatic carbocycles. The molecule has 3 heterocycles. The zero-order chi connectivity index (χ0) is 22.7. The van der Waals surface area contributed by atoms with E-state index < -0.39 is 6.10 Å². The molecule has 1 fully saturated rings. The van der Waals surface area contributed by atoms with Gasteiger partial charge in [-0.15, -0.1) is 11.3 Å². The molecule has 0 radical (unpaired) electrons. The largest absolute Gasteiger partial charge is 0.485 e. The van der Waals surface area contributed by atoms with E-state index in [-0.39, 0.29) is 43.2 Å². The fourth-order valence-electron chi connectivity index (χ4n) is 3.83. The molecule has 2 aliphatic rings. The molecule has 2 aromatic rings. The summed E-state index contributed by atoms with van der Waals surface area (Å²) in [6, 6.07) is 6.43. The molecule has 2 amide bonds. The van der Waals surface area contributed by atoms with Crippen molar-refractivity contribution in [2.45, 2.75) is 26.6 Å². The molecule has 0 bridgehead atoms. The van der Waals surface area contributed by atoms with E-state index in [1.165, 1.54) is 22.3 Å². The molecule has 4 rings (SSSR count). The van der Waals surface area contributed by atoms with Crippen LogP contribution in [0.4, 0.5) is 4.39 Å². The molecule has 172 valence electrons. The van der Waals surface area contributed by atoms with Crippen LogP contribution in [-0.4, -0.2) is 67.1 Å². The normalized spacial score (nSPS) is 18.8. The zero-order valence-electron chi connectivity index (χ0n) is 18.2. The van der Waals surface area contributed by atoms with Crippen molar-refractivity contribution in [2.24, 2.45) is 5.92 Å². The molecule has 1 saturated heterocycles. The molecule has 1 aromatic heterocycles. The maximum Gasteiger partial charge on any atom is 0.268 e. The van der Waals surface area contributed by atoms with E-state index in [1.807, 2.05) is 13.8 Å². The van der Waals surface area contributed by atoms with E-state index in [9.17, 15) is 14.0 Å². The Balaban J connectivity index is 1.54. The summed E-state index contributed by atoms with van der Waals surface area (Å²) in [6.45, 7) is 6.03. The summed E-state index contributed by atoms with van der Waals surface area (Å²) in [5.74, 6) is 0.493. The number of rotatable bonds is 6. The Morgan fingerprint density at radius 2 is 2.03 bits per heavy atom. The molecule has 0 aliphatic carbocycles. The fourth-order valence-corrected chi connectivity index (χ4v) is 4.73. The van der Waals surface area contributed by atoms with Gasteiger partial charge in [0.25, 0.3) is 5.91 Å². The maximum absolute atomic E-state index is 14.1. The first-order valence-corrected chi connectivity index (χ1v) is 11.6. The van der Waals surface area contributed by atoms with E-state index in [1.54, 1.807) is 28.5 Å². The van der Waals surface area contributed by atoms with Gasteiger partial charge in [0.1, 0.15) is 30.5 Å². The number of carbonyl (C=O) groups excluding carboxylic acids is 2. The van der Waals surface area contributed by atoms with Crippen LogP contribution in [0.1, 0.15) is 29.1 Å². The average molecular weight is 463 g/mol. The highest BCUT2D eigenvalue weighted by molar-refractivity contribution is 7.12. The highest BCUT2D eigenvalue weighted by Crippen LogP contribution is 2.40. The lowest BCUT2D eigenvalue weighted by Crippen LogP contribution is -2.40. The summed E-state index contributed by atoms with van der Waals surface area (Å²) in [7, 11) is 0. The van der Waals surface area contributed by atoms with Crippen LogP contribution < -0.4 is 9.47 Å². The van der Waals surface area contributed by atoms with Gasteiger partial charge in [-0.05, 0) is 12.0 Å². The number of benzene rings is 1. The van der Waals surface area contributed by atoms with Crippen LogP contribution in [0, 0.1) is 11.7 Å².